The van der Waals surface area contributed by atoms with E-state index in [0.29, 0.717) is 5.41 Å². The Labute approximate surface area is 124 Å². The van der Waals surface area contributed by atoms with Gasteiger partial charge in [0, 0.05) is 18.2 Å². The maximum atomic E-state index is 5.50. The molecule has 0 aromatic rings. The summed E-state index contributed by atoms with van der Waals surface area (Å²) in [4.78, 5) is 0. The Morgan fingerprint density at radius 2 is 1.90 bits per heavy atom. The van der Waals surface area contributed by atoms with Crippen molar-refractivity contribution in [2.45, 2.75) is 47.0 Å². The highest BCUT2D eigenvalue weighted by molar-refractivity contribution is 5.54. The second-order valence-corrected chi connectivity index (χ2v) is 5.04. The summed E-state index contributed by atoms with van der Waals surface area (Å²) in [5, 5.41) is 8.81. The van der Waals surface area contributed by atoms with Crippen LogP contribution in [0.25, 0.3) is 0 Å². The van der Waals surface area contributed by atoms with Crippen molar-refractivity contribution in [2.75, 3.05) is 7.05 Å². The SMILES string of the molecule is C=C(C)/C=C\C1=C(C)C2(C=C1NC)CCC2.C=N.CC. The number of hydrogen-bond donors (Lipinski definition) is 2. The average molecular weight is 274 g/mol. The van der Waals surface area contributed by atoms with Crippen molar-refractivity contribution in [1.29, 1.82) is 5.41 Å². The molecule has 1 saturated carbocycles. The predicted molar refractivity (Wildman–Crippen MR) is 91.3 cm³/mol. The van der Waals surface area contributed by atoms with Gasteiger partial charge in [0.05, 0.1) is 0 Å². The maximum absolute atomic E-state index is 5.50. The van der Waals surface area contributed by atoms with E-state index in [9.17, 15) is 0 Å². The summed E-state index contributed by atoms with van der Waals surface area (Å²) in [5.41, 5.74) is 5.67. The fourth-order valence-electron chi connectivity index (χ4n) is 2.66. The lowest BCUT2D eigenvalue weighted by Crippen LogP contribution is -2.26. The van der Waals surface area contributed by atoms with E-state index in [1.54, 1.807) is 0 Å². The van der Waals surface area contributed by atoms with Gasteiger partial charge in [0.15, 0.2) is 0 Å². The van der Waals surface area contributed by atoms with Crippen molar-refractivity contribution < 1.29 is 0 Å². The van der Waals surface area contributed by atoms with E-state index in [4.69, 9.17) is 5.41 Å². The van der Waals surface area contributed by atoms with Crippen LogP contribution in [-0.4, -0.2) is 13.8 Å². The predicted octanol–water partition coefficient (Wildman–Crippen LogP) is 5.01. The highest BCUT2D eigenvalue weighted by Gasteiger charge is 2.41. The Hall–Kier alpha value is -1.57. The average Bonchev–Trinajstić information content (AvgIpc) is 2.73. The first-order valence-electron chi connectivity index (χ1n) is 7.40. The van der Waals surface area contributed by atoms with Gasteiger partial charge in [0.25, 0.3) is 0 Å². The largest absolute Gasteiger partial charge is 0.388 e. The van der Waals surface area contributed by atoms with Gasteiger partial charge in [-0.3, -0.25) is 0 Å². The van der Waals surface area contributed by atoms with E-state index in [0.717, 1.165) is 5.57 Å². The fourth-order valence-corrected chi connectivity index (χ4v) is 2.66. The standard InChI is InChI=1S/C15H21N.C2H6.CH3N/c1-11(2)6-7-13-12(3)15(8-5-9-15)10-14(13)16-4;2*1-2/h6-7,10,16H,1,5,8-9H2,2-4H3;1-2H3;2H,1H2/b7-6-;;. The Morgan fingerprint density at radius 3 is 2.25 bits per heavy atom. The molecule has 0 aromatic carbocycles. The summed E-state index contributed by atoms with van der Waals surface area (Å²) >= 11 is 0. The van der Waals surface area contributed by atoms with Crippen LogP contribution < -0.4 is 5.32 Å². The monoisotopic (exact) mass is 274 g/mol. The van der Waals surface area contributed by atoms with Gasteiger partial charge in [-0.15, -0.1) is 0 Å². The second-order valence-electron chi connectivity index (χ2n) is 5.04. The molecule has 0 amide bonds. The Bertz CT molecular complexity index is 421. The van der Waals surface area contributed by atoms with Crippen LogP contribution >= 0.6 is 0 Å². The first-order valence-corrected chi connectivity index (χ1v) is 7.40. The zero-order valence-electron chi connectivity index (χ0n) is 13.8. The van der Waals surface area contributed by atoms with E-state index in [1.807, 2.05) is 27.8 Å². The van der Waals surface area contributed by atoms with E-state index >= 15 is 0 Å². The molecule has 2 heteroatoms. The molecule has 0 bridgehead atoms. The number of nitrogens with one attached hydrogen (secondary N) is 2. The quantitative estimate of drug-likeness (QED) is 0.550. The van der Waals surface area contributed by atoms with Crippen LogP contribution in [0.5, 0.6) is 0 Å². The Morgan fingerprint density at radius 1 is 1.35 bits per heavy atom. The second kappa shape index (κ2) is 8.57. The molecule has 1 spiro atoms. The normalized spacial score (nSPS) is 18.6. The maximum Gasteiger partial charge on any atom is 0.0379 e. The lowest BCUT2D eigenvalue weighted by Gasteiger charge is -2.38. The molecule has 112 valence electrons. The third-order valence-electron chi connectivity index (χ3n) is 3.91. The Kier molecular flexibility index (Phi) is 7.90. The summed E-state index contributed by atoms with van der Waals surface area (Å²) in [6.45, 7) is 14.7. The van der Waals surface area contributed by atoms with Gasteiger partial charge >= 0.3 is 0 Å². The molecule has 0 radical (unpaired) electrons. The van der Waals surface area contributed by atoms with Crippen molar-refractivity contribution in [3.05, 3.63) is 47.2 Å². The van der Waals surface area contributed by atoms with Crippen LogP contribution in [0.1, 0.15) is 47.0 Å². The number of allylic oxidation sites excluding steroid dienone is 5. The third-order valence-corrected chi connectivity index (χ3v) is 3.91. The van der Waals surface area contributed by atoms with E-state index in [-0.39, 0.29) is 0 Å². The van der Waals surface area contributed by atoms with E-state index in [2.05, 4.69) is 43.8 Å². The molecule has 20 heavy (non-hydrogen) atoms. The lowest BCUT2D eigenvalue weighted by molar-refractivity contribution is 0.261. The molecular formula is C18H30N2. The van der Waals surface area contributed by atoms with Crippen LogP contribution in [0.15, 0.2) is 47.2 Å². The summed E-state index contributed by atoms with van der Waals surface area (Å²) in [7, 11) is 2.01. The highest BCUT2D eigenvalue weighted by Crippen LogP contribution is 2.54. The molecule has 0 heterocycles. The summed E-state index contributed by atoms with van der Waals surface area (Å²) in [5.74, 6) is 0. The lowest BCUT2D eigenvalue weighted by atomic mass is 9.66. The summed E-state index contributed by atoms with van der Waals surface area (Å²) in [6.07, 6.45) is 10.7. The van der Waals surface area contributed by atoms with Crippen molar-refractivity contribution in [3.63, 3.8) is 0 Å². The smallest absolute Gasteiger partial charge is 0.0379 e. The van der Waals surface area contributed by atoms with Crippen LogP contribution in [0.2, 0.25) is 0 Å². The third kappa shape index (κ3) is 3.72. The molecule has 0 atom stereocenters. The van der Waals surface area contributed by atoms with Crippen LogP contribution in [0.4, 0.5) is 0 Å². The molecule has 2 rings (SSSR count). The van der Waals surface area contributed by atoms with Gasteiger partial charge in [0.1, 0.15) is 0 Å². The summed E-state index contributed by atoms with van der Waals surface area (Å²) in [6, 6.07) is 0. The Balaban J connectivity index is 0.000000829. The van der Waals surface area contributed by atoms with Crippen LogP contribution in [0.3, 0.4) is 0 Å². The zero-order valence-corrected chi connectivity index (χ0v) is 13.8. The summed E-state index contributed by atoms with van der Waals surface area (Å²) < 4.78 is 0. The first kappa shape index (κ1) is 18.4. The van der Waals surface area contributed by atoms with Gasteiger partial charge in [0.2, 0.25) is 0 Å². The van der Waals surface area contributed by atoms with Crippen molar-refractivity contribution in [2.24, 2.45) is 5.41 Å². The van der Waals surface area contributed by atoms with Crippen molar-refractivity contribution >= 4 is 6.72 Å². The minimum atomic E-state index is 0.382. The van der Waals surface area contributed by atoms with Gasteiger partial charge in [-0.2, -0.15) is 0 Å². The van der Waals surface area contributed by atoms with Crippen molar-refractivity contribution in [3.8, 4) is 0 Å². The van der Waals surface area contributed by atoms with Crippen molar-refractivity contribution in [1.82, 2.24) is 5.32 Å². The van der Waals surface area contributed by atoms with Gasteiger partial charge in [-0.1, -0.05) is 56.2 Å². The molecule has 2 aliphatic rings. The molecule has 2 N–H and O–H groups in total. The first-order chi connectivity index (χ1) is 9.59. The molecule has 1 fully saturated rings. The number of likely N-dealkylation sites (N-methyl/N-ethyl adjacent to an activating group) is 1. The van der Waals surface area contributed by atoms with E-state index < -0.39 is 0 Å². The van der Waals surface area contributed by atoms with Crippen LogP contribution in [0, 0.1) is 10.8 Å². The van der Waals surface area contributed by atoms with Crippen LogP contribution in [-0.2, 0) is 0 Å². The molecular weight excluding hydrogens is 244 g/mol. The molecule has 2 aliphatic carbocycles. The topological polar surface area (TPSA) is 35.9 Å². The molecule has 0 saturated heterocycles. The fraction of sp³-hybridized carbons (Fsp3) is 0.500. The van der Waals surface area contributed by atoms with E-state index in [1.165, 1.54) is 36.1 Å². The minimum absolute atomic E-state index is 0.382. The molecule has 2 nitrogen and oxygen atoms in total. The zero-order chi connectivity index (χ0) is 15.8. The molecule has 0 unspecified atom stereocenters. The molecule has 0 aromatic heterocycles. The number of rotatable bonds is 3. The minimum Gasteiger partial charge on any atom is -0.388 e. The van der Waals surface area contributed by atoms with Gasteiger partial charge in [-0.25, -0.2) is 0 Å². The highest BCUT2D eigenvalue weighted by atomic mass is 14.8. The molecule has 0 aliphatic heterocycles. The van der Waals surface area contributed by atoms with Gasteiger partial charge < -0.3 is 10.7 Å². The number of hydrogen-bond acceptors (Lipinski definition) is 2. The van der Waals surface area contributed by atoms with Gasteiger partial charge in [-0.05, 0) is 39.0 Å².